The molecule has 0 atom stereocenters. The van der Waals surface area contributed by atoms with Crippen LogP contribution in [0.5, 0.6) is 0 Å². The summed E-state index contributed by atoms with van der Waals surface area (Å²) in [6, 6.07) is 1.25. The second-order valence-corrected chi connectivity index (χ2v) is 10.4. The number of aromatic amines is 1. The minimum Gasteiger partial charge on any atom is -0.379 e. The van der Waals surface area contributed by atoms with E-state index in [0.717, 1.165) is 0 Å². The zero-order chi connectivity index (χ0) is 20.2. The Morgan fingerprint density at radius 2 is 1.57 bits per heavy atom. The lowest BCUT2D eigenvalue weighted by molar-refractivity contribution is 0.0730. The minimum atomic E-state index is -3.71. The number of carbonyl (C=O) groups excluding carboxylic acids is 1. The average Bonchev–Trinajstić information content (AvgIpc) is 3.20. The van der Waals surface area contributed by atoms with Crippen molar-refractivity contribution in [1.82, 2.24) is 18.9 Å². The van der Waals surface area contributed by atoms with Crippen molar-refractivity contribution in [3.8, 4) is 0 Å². The predicted octanol–water partition coefficient (Wildman–Crippen LogP) is -1.57. The summed E-state index contributed by atoms with van der Waals surface area (Å²) in [6.07, 6.45) is 1.25. The summed E-state index contributed by atoms with van der Waals surface area (Å²) in [5.74, 6) is -0.807. The van der Waals surface area contributed by atoms with Crippen molar-refractivity contribution in [3.05, 3.63) is 18.0 Å². The van der Waals surface area contributed by atoms with Crippen LogP contribution in [0.25, 0.3) is 0 Å². The zero-order valence-electron chi connectivity index (χ0n) is 15.3. The first kappa shape index (κ1) is 21.2. The number of hydrogen-bond donors (Lipinski definition) is 2. The number of hydrogen-bond acceptors (Lipinski definition) is 7. The molecule has 0 radical (unpaired) electrons. The Bertz CT molecular complexity index is 885. The highest BCUT2D eigenvalue weighted by Gasteiger charge is 2.28. The van der Waals surface area contributed by atoms with Crippen molar-refractivity contribution in [1.29, 1.82) is 0 Å². The maximum absolute atomic E-state index is 12.6. The molecule has 0 aromatic carbocycles. The molecule has 11 nitrogen and oxygen atoms in total. The van der Waals surface area contributed by atoms with E-state index in [4.69, 9.17) is 9.47 Å². The fourth-order valence-electron chi connectivity index (χ4n) is 2.93. The number of sulfonamides is 2. The fourth-order valence-corrected chi connectivity index (χ4v) is 5.66. The van der Waals surface area contributed by atoms with Crippen LogP contribution in [0.15, 0.2) is 17.2 Å². The number of morpholine rings is 2. The van der Waals surface area contributed by atoms with Gasteiger partial charge in [-0.15, -0.1) is 0 Å². The Morgan fingerprint density at radius 3 is 2.18 bits per heavy atom. The number of carbonyl (C=O) groups is 1. The first-order chi connectivity index (χ1) is 13.3. The van der Waals surface area contributed by atoms with Crippen molar-refractivity contribution in [2.24, 2.45) is 0 Å². The Hall–Kier alpha value is -1.51. The third-order valence-corrected chi connectivity index (χ3v) is 8.27. The summed E-state index contributed by atoms with van der Waals surface area (Å²) >= 11 is 0. The molecule has 0 unspecified atom stereocenters. The Labute approximate surface area is 164 Å². The molecule has 2 aliphatic rings. The van der Waals surface area contributed by atoms with Crippen LogP contribution < -0.4 is 5.32 Å². The maximum atomic E-state index is 12.6. The lowest BCUT2D eigenvalue weighted by atomic mass is 10.4. The van der Waals surface area contributed by atoms with Gasteiger partial charge in [0.15, 0.2) is 0 Å². The van der Waals surface area contributed by atoms with Crippen molar-refractivity contribution in [2.45, 2.75) is 4.90 Å². The van der Waals surface area contributed by atoms with Gasteiger partial charge in [-0.25, -0.2) is 16.8 Å². The third kappa shape index (κ3) is 4.90. The standard InChI is InChI=1S/C15H24N4O7S2/c20-15(16-1-10-27(21,22)18-2-6-25-7-3-18)14-11-13(12-17-14)28(23,24)19-4-8-26-9-5-19/h11-12,17H,1-10H2,(H,16,20). The molecule has 2 fully saturated rings. The van der Waals surface area contributed by atoms with Gasteiger partial charge in [0.25, 0.3) is 5.91 Å². The average molecular weight is 437 g/mol. The zero-order valence-corrected chi connectivity index (χ0v) is 16.9. The minimum absolute atomic E-state index is 0.0134. The molecular weight excluding hydrogens is 412 g/mol. The summed E-state index contributed by atoms with van der Waals surface area (Å²) in [5.41, 5.74) is 0.0515. The molecule has 0 aliphatic carbocycles. The van der Waals surface area contributed by atoms with Crippen molar-refractivity contribution >= 4 is 26.0 Å². The van der Waals surface area contributed by atoms with Crippen LogP contribution in [0.2, 0.25) is 0 Å². The monoisotopic (exact) mass is 436 g/mol. The van der Waals surface area contributed by atoms with E-state index in [1.807, 2.05) is 0 Å². The first-order valence-electron chi connectivity index (χ1n) is 8.91. The molecule has 0 bridgehead atoms. The molecule has 3 rings (SSSR count). The van der Waals surface area contributed by atoms with E-state index in [1.165, 1.54) is 20.9 Å². The number of aromatic nitrogens is 1. The van der Waals surface area contributed by atoms with E-state index in [-0.39, 0.29) is 36.0 Å². The number of nitrogens with zero attached hydrogens (tertiary/aromatic N) is 2. The van der Waals surface area contributed by atoms with Gasteiger partial charge in [-0.05, 0) is 6.07 Å². The van der Waals surface area contributed by atoms with Crippen LogP contribution in [-0.4, -0.2) is 101 Å². The highest BCUT2D eigenvalue weighted by Crippen LogP contribution is 2.18. The molecule has 3 heterocycles. The highest BCUT2D eigenvalue weighted by molar-refractivity contribution is 7.89. The van der Waals surface area contributed by atoms with Gasteiger partial charge in [0.05, 0.1) is 32.2 Å². The predicted molar refractivity (Wildman–Crippen MR) is 98.9 cm³/mol. The van der Waals surface area contributed by atoms with Crippen molar-refractivity contribution < 1.29 is 31.1 Å². The van der Waals surface area contributed by atoms with E-state index in [0.29, 0.717) is 39.5 Å². The molecule has 2 aliphatic heterocycles. The summed E-state index contributed by atoms with van der Waals surface area (Å²) in [6.45, 7) is 2.41. The second kappa shape index (κ2) is 8.88. The molecular formula is C15H24N4O7S2. The van der Waals surface area contributed by atoms with E-state index < -0.39 is 26.0 Å². The molecule has 1 amide bonds. The molecule has 2 N–H and O–H groups in total. The van der Waals surface area contributed by atoms with E-state index >= 15 is 0 Å². The Balaban J connectivity index is 1.55. The lowest BCUT2D eigenvalue weighted by Gasteiger charge is -2.26. The van der Waals surface area contributed by atoms with Crippen LogP contribution in [0.3, 0.4) is 0 Å². The number of amides is 1. The molecule has 158 valence electrons. The number of rotatable bonds is 7. The fraction of sp³-hybridized carbons (Fsp3) is 0.667. The summed E-state index contributed by atoms with van der Waals surface area (Å²) in [5, 5.41) is 2.50. The van der Waals surface area contributed by atoms with Crippen molar-refractivity contribution in [2.75, 3.05) is 64.9 Å². The summed E-state index contributed by atoms with van der Waals surface area (Å²) < 4.78 is 62.5. The molecule has 0 spiro atoms. The quantitative estimate of drug-likeness (QED) is 0.526. The Kier molecular flexibility index (Phi) is 6.73. The van der Waals surface area contributed by atoms with Crippen LogP contribution in [0.1, 0.15) is 10.5 Å². The van der Waals surface area contributed by atoms with Gasteiger partial charge >= 0.3 is 0 Å². The van der Waals surface area contributed by atoms with E-state index in [2.05, 4.69) is 10.3 Å². The Morgan fingerprint density at radius 1 is 1.00 bits per heavy atom. The maximum Gasteiger partial charge on any atom is 0.267 e. The first-order valence-corrected chi connectivity index (χ1v) is 12.0. The smallest absolute Gasteiger partial charge is 0.267 e. The lowest BCUT2D eigenvalue weighted by Crippen LogP contribution is -2.43. The SMILES string of the molecule is O=C(NCCS(=O)(=O)N1CCOCC1)c1cc(S(=O)(=O)N2CCOCC2)c[nH]1. The number of ether oxygens (including phenoxy) is 2. The van der Waals surface area contributed by atoms with Crippen LogP contribution in [0, 0.1) is 0 Å². The van der Waals surface area contributed by atoms with Gasteiger partial charge in [0, 0.05) is 38.9 Å². The summed E-state index contributed by atoms with van der Waals surface area (Å²) in [7, 11) is -7.19. The van der Waals surface area contributed by atoms with Gasteiger partial charge in [0.2, 0.25) is 20.0 Å². The van der Waals surface area contributed by atoms with Crippen LogP contribution in [-0.2, 0) is 29.5 Å². The molecule has 2 saturated heterocycles. The van der Waals surface area contributed by atoms with Crippen molar-refractivity contribution in [3.63, 3.8) is 0 Å². The molecule has 28 heavy (non-hydrogen) atoms. The highest BCUT2D eigenvalue weighted by atomic mass is 32.2. The van der Waals surface area contributed by atoms with Gasteiger partial charge in [-0.3, -0.25) is 4.79 Å². The van der Waals surface area contributed by atoms with Gasteiger partial charge in [-0.2, -0.15) is 8.61 Å². The number of H-pyrrole nitrogens is 1. The third-order valence-electron chi connectivity index (χ3n) is 4.52. The molecule has 0 saturated carbocycles. The van der Waals surface area contributed by atoms with Crippen LogP contribution in [0.4, 0.5) is 0 Å². The molecule has 1 aromatic heterocycles. The largest absolute Gasteiger partial charge is 0.379 e. The van der Waals surface area contributed by atoms with E-state index in [9.17, 15) is 21.6 Å². The summed E-state index contributed by atoms with van der Waals surface area (Å²) in [4.78, 5) is 14.8. The topological polar surface area (TPSA) is 138 Å². The number of nitrogens with one attached hydrogen (secondary N) is 2. The van der Waals surface area contributed by atoms with Crippen LogP contribution >= 0.6 is 0 Å². The molecule has 1 aromatic rings. The molecule has 13 heteroatoms. The second-order valence-electron chi connectivity index (χ2n) is 6.35. The van der Waals surface area contributed by atoms with E-state index in [1.54, 1.807) is 0 Å². The van der Waals surface area contributed by atoms with Gasteiger partial charge in [0.1, 0.15) is 10.6 Å². The van der Waals surface area contributed by atoms with Gasteiger partial charge in [-0.1, -0.05) is 0 Å². The normalized spacial score (nSPS) is 20.1. The van der Waals surface area contributed by atoms with Gasteiger partial charge < -0.3 is 19.8 Å².